The molecule has 2 unspecified atom stereocenters. The van der Waals surface area contributed by atoms with Crippen LogP contribution in [0, 0.1) is 0 Å². The monoisotopic (exact) mass is 393 g/mol. The summed E-state index contributed by atoms with van der Waals surface area (Å²) in [5.74, 6) is 0. The van der Waals surface area contributed by atoms with Crippen LogP contribution in [-0.2, 0) is 6.54 Å². The molecule has 1 aliphatic rings. The molecule has 0 radical (unpaired) electrons. The van der Waals surface area contributed by atoms with Gasteiger partial charge >= 0.3 is 0 Å². The third-order valence-corrected chi connectivity index (χ3v) is 5.33. The highest BCUT2D eigenvalue weighted by molar-refractivity contribution is 7.80. The van der Waals surface area contributed by atoms with E-state index < -0.39 is 0 Å². The lowest BCUT2D eigenvalue weighted by Crippen LogP contribution is -2.32. The molecule has 2 N–H and O–H groups in total. The minimum absolute atomic E-state index is 0.00679. The van der Waals surface area contributed by atoms with Gasteiger partial charge in [0.15, 0.2) is 5.11 Å². The zero-order chi connectivity index (χ0) is 19.3. The van der Waals surface area contributed by atoms with Crippen LogP contribution in [0.25, 0.3) is 0 Å². The van der Waals surface area contributed by atoms with Crippen molar-refractivity contribution in [2.45, 2.75) is 25.0 Å². The Kier molecular flexibility index (Phi) is 5.64. The molecule has 4 rings (SSSR count). The molecular formula is C21H23N5OS. The third kappa shape index (κ3) is 3.76. The second-order valence-electron chi connectivity index (χ2n) is 6.78. The molecule has 7 heteroatoms. The fourth-order valence-corrected chi connectivity index (χ4v) is 4.05. The highest BCUT2D eigenvalue weighted by Gasteiger charge is 2.40. The molecule has 0 bridgehead atoms. The van der Waals surface area contributed by atoms with Crippen molar-refractivity contribution >= 4 is 17.3 Å². The van der Waals surface area contributed by atoms with Crippen LogP contribution in [0.1, 0.15) is 35.6 Å². The number of hydrogen-bond acceptors (Lipinski definition) is 4. The van der Waals surface area contributed by atoms with Gasteiger partial charge in [-0.25, -0.2) is 0 Å². The molecular weight excluding hydrogens is 370 g/mol. The van der Waals surface area contributed by atoms with E-state index in [1.165, 1.54) is 0 Å². The lowest BCUT2D eigenvalue weighted by Gasteiger charge is -2.28. The molecule has 2 atom stereocenters. The summed E-state index contributed by atoms with van der Waals surface area (Å²) in [5.41, 5.74) is 3.10. The number of pyridine rings is 2. The number of nitrogens with zero attached hydrogens (tertiary/aromatic N) is 4. The maximum atomic E-state index is 9.35. The summed E-state index contributed by atoms with van der Waals surface area (Å²) in [6, 6.07) is 16.0. The summed E-state index contributed by atoms with van der Waals surface area (Å²) in [4.78, 5) is 11.2. The molecule has 0 amide bonds. The van der Waals surface area contributed by atoms with Gasteiger partial charge in [0.2, 0.25) is 0 Å². The van der Waals surface area contributed by atoms with Gasteiger partial charge in [-0.15, -0.1) is 0 Å². The van der Waals surface area contributed by atoms with Crippen LogP contribution in [0.2, 0.25) is 0 Å². The molecule has 1 fully saturated rings. The standard InChI is InChI=1S/C21H23N5OS/c27-14-6-13-26-20(19(24-21(26)28)17-8-2-4-11-23-17)18-9-5-12-25(18)15-16-7-1-3-10-22-16/h1-5,7-12,19-20,27H,6,13-15H2,(H,24,28). The van der Waals surface area contributed by atoms with Crippen LogP contribution >= 0.6 is 12.2 Å². The van der Waals surface area contributed by atoms with E-state index in [9.17, 15) is 5.11 Å². The highest BCUT2D eigenvalue weighted by Crippen LogP contribution is 2.38. The van der Waals surface area contributed by atoms with Crippen molar-refractivity contribution in [3.63, 3.8) is 0 Å². The molecule has 1 saturated heterocycles. The predicted octanol–water partition coefficient (Wildman–Crippen LogP) is 2.68. The average Bonchev–Trinajstić information content (AvgIpc) is 3.31. The van der Waals surface area contributed by atoms with E-state index in [0.29, 0.717) is 24.6 Å². The first-order chi connectivity index (χ1) is 13.8. The third-order valence-electron chi connectivity index (χ3n) is 4.98. The zero-order valence-corrected chi connectivity index (χ0v) is 16.3. The van der Waals surface area contributed by atoms with Crippen molar-refractivity contribution in [3.05, 3.63) is 84.2 Å². The summed E-state index contributed by atoms with van der Waals surface area (Å²) in [7, 11) is 0. The van der Waals surface area contributed by atoms with E-state index >= 15 is 0 Å². The lowest BCUT2D eigenvalue weighted by atomic mass is 10.0. The van der Waals surface area contributed by atoms with Crippen molar-refractivity contribution in [2.75, 3.05) is 13.2 Å². The van der Waals surface area contributed by atoms with Crippen molar-refractivity contribution < 1.29 is 5.11 Å². The second kappa shape index (κ2) is 8.50. The summed E-state index contributed by atoms with van der Waals surface area (Å²) in [6.07, 6.45) is 6.36. The average molecular weight is 394 g/mol. The minimum atomic E-state index is -0.0511. The molecule has 6 nitrogen and oxygen atoms in total. The van der Waals surface area contributed by atoms with E-state index in [2.05, 4.69) is 43.1 Å². The number of thiocarbonyl (C=S) groups is 1. The quantitative estimate of drug-likeness (QED) is 0.602. The second-order valence-corrected chi connectivity index (χ2v) is 7.17. The molecule has 4 heterocycles. The van der Waals surface area contributed by atoms with Gasteiger partial charge in [0, 0.05) is 37.4 Å². The van der Waals surface area contributed by atoms with Crippen molar-refractivity contribution in [2.24, 2.45) is 0 Å². The van der Waals surface area contributed by atoms with E-state index in [-0.39, 0.29) is 18.7 Å². The van der Waals surface area contributed by atoms with Gasteiger partial charge in [0.25, 0.3) is 0 Å². The van der Waals surface area contributed by atoms with Gasteiger partial charge in [-0.05, 0) is 55.0 Å². The predicted molar refractivity (Wildman–Crippen MR) is 112 cm³/mol. The smallest absolute Gasteiger partial charge is 0.170 e. The van der Waals surface area contributed by atoms with Crippen LogP contribution in [0.15, 0.2) is 67.1 Å². The Morgan fingerprint density at radius 1 is 1.04 bits per heavy atom. The van der Waals surface area contributed by atoms with Gasteiger partial charge in [-0.1, -0.05) is 12.1 Å². The van der Waals surface area contributed by atoms with Crippen LogP contribution < -0.4 is 5.32 Å². The summed E-state index contributed by atoms with van der Waals surface area (Å²) >= 11 is 5.64. The fraction of sp³-hybridized carbons (Fsp3) is 0.286. The van der Waals surface area contributed by atoms with E-state index in [4.69, 9.17) is 12.2 Å². The zero-order valence-electron chi connectivity index (χ0n) is 15.5. The number of hydrogen-bond donors (Lipinski definition) is 2. The Labute approximate surface area is 169 Å². The largest absolute Gasteiger partial charge is 0.396 e. The van der Waals surface area contributed by atoms with E-state index in [0.717, 1.165) is 17.1 Å². The lowest BCUT2D eigenvalue weighted by molar-refractivity contribution is 0.243. The number of rotatable bonds is 7. The molecule has 3 aromatic heterocycles. The first kappa shape index (κ1) is 18.6. The van der Waals surface area contributed by atoms with Crippen molar-refractivity contribution in [1.29, 1.82) is 0 Å². The van der Waals surface area contributed by atoms with Crippen LogP contribution in [0.3, 0.4) is 0 Å². The number of aliphatic hydroxyl groups is 1. The molecule has 28 heavy (non-hydrogen) atoms. The molecule has 0 spiro atoms. The highest BCUT2D eigenvalue weighted by atomic mass is 32.1. The van der Waals surface area contributed by atoms with Gasteiger partial charge in [0.05, 0.1) is 30.0 Å². The molecule has 144 valence electrons. The molecule has 0 aromatic carbocycles. The maximum Gasteiger partial charge on any atom is 0.170 e. The van der Waals surface area contributed by atoms with Crippen LogP contribution in [0.5, 0.6) is 0 Å². The fourth-order valence-electron chi connectivity index (χ4n) is 3.71. The van der Waals surface area contributed by atoms with Crippen LogP contribution in [0.4, 0.5) is 0 Å². The Balaban J connectivity index is 1.70. The van der Waals surface area contributed by atoms with Gasteiger partial charge in [0.1, 0.15) is 0 Å². The molecule has 1 aliphatic heterocycles. The summed E-state index contributed by atoms with van der Waals surface area (Å²) < 4.78 is 2.21. The molecule has 3 aromatic rings. The number of aliphatic hydroxyl groups excluding tert-OH is 1. The maximum absolute atomic E-state index is 9.35. The normalized spacial score (nSPS) is 19.0. The Morgan fingerprint density at radius 2 is 1.86 bits per heavy atom. The molecule has 0 aliphatic carbocycles. The molecule has 0 saturated carbocycles. The minimum Gasteiger partial charge on any atom is -0.396 e. The first-order valence-electron chi connectivity index (χ1n) is 9.42. The van der Waals surface area contributed by atoms with Gasteiger partial charge in [-0.2, -0.15) is 0 Å². The summed E-state index contributed by atoms with van der Waals surface area (Å²) in [5, 5.41) is 13.5. The number of aromatic nitrogens is 3. The van der Waals surface area contributed by atoms with Crippen LogP contribution in [-0.4, -0.2) is 42.8 Å². The first-order valence-corrected chi connectivity index (χ1v) is 9.82. The number of nitrogens with one attached hydrogen (secondary N) is 1. The van der Waals surface area contributed by atoms with E-state index in [1.54, 1.807) is 6.20 Å². The van der Waals surface area contributed by atoms with Crippen molar-refractivity contribution in [3.8, 4) is 0 Å². The Morgan fingerprint density at radius 3 is 2.57 bits per heavy atom. The van der Waals surface area contributed by atoms with Gasteiger partial charge in [-0.3, -0.25) is 9.97 Å². The SMILES string of the molecule is OCCCN1C(=S)NC(c2ccccn2)C1c1cccn1Cc1ccccn1. The Bertz CT molecular complexity index is 915. The van der Waals surface area contributed by atoms with E-state index in [1.807, 2.05) is 42.6 Å². The van der Waals surface area contributed by atoms with Crippen molar-refractivity contribution in [1.82, 2.24) is 24.8 Å². The summed E-state index contributed by atoms with van der Waals surface area (Å²) in [6.45, 7) is 1.51. The topological polar surface area (TPSA) is 66.2 Å². The Hall–Kier alpha value is -2.77. The van der Waals surface area contributed by atoms with Gasteiger partial charge < -0.3 is 19.9 Å².